The van der Waals surface area contributed by atoms with Crippen LogP contribution in [0.3, 0.4) is 0 Å². The Kier molecular flexibility index (Phi) is 5.91. The van der Waals surface area contributed by atoms with Crippen LogP contribution in [0.5, 0.6) is 0 Å². The normalized spacial score (nSPS) is 16.7. The van der Waals surface area contributed by atoms with E-state index in [2.05, 4.69) is 4.72 Å². The Hall–Kier alpha value is -0.620. The van der Waals surface area contributed by atoms with Gasteiger partial charge in [-0.15, -0.1) is 0 Å². The molecule has 6 heteroatoms. The first-order valence-electron chi connectivity index (χ1n) is 6.30. The van der Waals surface area contributed by atoms with Crippen molar-refractivity contribution in [1.82, 2.24) is 4.72 Å². The van der Waals surface area contributed by atoms with Gasteiger partial charge in [0.2, 0.25) is 10.0 Å². The number of unbranched alkanes of at least 4 members (excludes halogenated alkanes) is 1. The van der Waals surface area contributed by atoms with Gasteiger partial charge in [0.05, 0.1) is 11.6 Å². The van der Waals surface area contributed by atoms with Gasteiger partial charge in [-0.1, -0.05) is 19.3 Å². The summed E-state index contributed by atoms with van der Waals surface area (Å²) in [6, 6.07) is 0. The van der Waals surface area contributed by atoms with E-state index in [1.54, 1.807) is 0 Å². The lowest BCUT2D eigenvalue weighted by Crippen LogP contribution is -2.29. The number of hydrogen-bond acceptors (Lipinski definition) is 3. The fourth-order valence-electron chi connectivity index (χ4n) is 1.84. The second-order valence-corrected chi connectivity index (χ2v) is 6.71. The zero-order valence-electron chi connectivity index (χ0n) is 10.2. The molecule has 1 aliphatic carbocycles. The van der Waals surface area contributed by atoms with E-state index in [9.17, 15) is 8.42 Å². The van der Waals surface area contributed by atoms with Crippen molar-refractivity contribution in [3.63, 3.8) is 0 Å². The highest BCUT2D eigenvalue weighted by Crippen LogP contribution is 2.29. The molecule has 0 saturated heterocycles. The molecule has 0 amide bonds. The van der Waals surface area contributed by atoms with Gasteiger partial charge in [-0.3, -0.25) is 5.41 Å². The predicted molar refractivity (Wildman–Crippen MR) is 69.5 cm³/mol. The van der Waals surface area contributed by atoms with Crippen molar-refractivity contribution in [3.05, 3.63) is 0 Å². The van der Waals surface area contributed by atoms with Crippen LogP contribution in [-0.2, 0) is 10.0 Å². The van der Waals surface area contributed by atoms with E-state index in [1.165, 1.54) is 19.3 Å². The largest absolute Gasteiger partial charge is 0.388 e. The zero-order valence-corrected chi connectivity index (χ0v) is 11.1. The van der Waals surface area contributed by atoms with Gasteiger partial charge in [-0.05, 0) is 25.2 Å². The summed E-state index contributed by atoms with van der Waals surface area (Å²) in [6.45, 7) is 0.459. The molecule has 0 bridgehead atoms. The molecule has 0 radical (unpaired) electrons. The molecule has 0 aliphatic heterocycles. The maximum absolute atomic E-state index is 11.6. The van der Waals surface area contributed by atoms with E-state index < -0.39 is 10.0 Å². The van der Waals surface area contributed by atoms with Crippen LogP contribution in [0.25, 0.3) is 0 Å². The Morgan fingerprint density at radius 3 is 2.59 bits per heavy atom. The average Bonchev–Trinajstić information content (AvgIpc) is 2.13. The third kappa shape index (κ3) is 6.63. The Labute approximate surface area is 104 Å². The van der Waals surface area contributed by atoms with Crippen molar-refractivity contribution in [2.75, 3.05) is 12.3 Å². The minimum absolute atomic E-state index is 0.165. The summed E-state index contributed by atoms with van der Waals surface area (Å²) in [7, 11) is -3.09. The third-order valence-corrected chi connectivity index (χ3v) is 4.63. The molecule has 1 fully saturated rings. The first-order chi connectivity index (χ1) is 7.99. The second kappa shape index (κ2) is 6.96. The smallest absolute Gasteiger partial charge is 0.211 e. The SMILES string of the molecule is N=C(N)CCCCNS(=O)(=O)CCC1CCC1. The summed E-state index contributed by atoms with van der Waals surface area (Å²) < 4.78 is 25.8. The van der Waals surface area contributed by atoms with E-state index in [-0.39, 0.29) is 11.6 Å². The van der Waals surface area contributed by atoms with Gasteiger partial charge in [0.25, 0.3) is 0 Å². The van der Waals surface area contributed by atoms with Crippen molar-refractivity contribution < 1.29 is 8.42 Å². The van der Waals surface area contributed by atoms with Gasteiger partial charge < -0.3 is 5.73 Å². The van der Waals surface area contributed by atoms with Crippen LogP contribution in [0, 0.1) is 11.3 Å². The lowest BCUT2D eigenvalue weighted by Gasteiger charge is -2.24. The number of rotatable bonds is 9. The van der Waals surface area contributed by atoms with E-state index in [4.69, 9.17) is 11.1 Å². The maximum Gasteiger partial charge on any atom is 0.211 e. The topological polar surface area (TPSA) is 96.0 Å². The molecule has 1 rings (SSSR count). The van der Waals surface area contributed by atoms with Gasteiger partial charge in [-0.25, -0.2) is 13.1 Å². The number of amidine groups is 1. The minimum atomic E-state index is -3.09. The quantitative estimate of drug-likeness (QED) is 0.330. The third-order valence-electron chi connectivity index (χ3n) is 3.21. The molecule has 1 saturated carbocycles. The van der Waals surface area contributed by atoms with Crippen LogP contribution in [0.15, 0.2) is 0 Å². The molecule has 100 valence electrons. The van der Waals surface area contributed by atoms with E-state index in [1.807, 2.05) is 0 Å². The summed E-state index contributed by atoms with van der Waals surface area (Å²) in [5, 5.41) is 7.03. The van der Waals surface area contributed by atoms with Crippen molar-refractivity contribution in [3.8, 4) is 0 Å². The second-order valence-electron chi connectivity index (χ2n) is 4.78. The number of nitrogens with two attached hydrogens (primary N) is 1. The average molecular weight is 261 g/mol. The van der Waals surface area contributed by atoms with Crippen LogP contribution in [-0.4, -0.2) is 26.6 Å². The van der Waals surface area contributed by atoms with Crippen molar-refractivity contribution in [2.45, 2.75) is 44.9 Å². The zero-order chi connectivity index (χ0) is 12.7. The molecule has 0 aromatic rings. The number of sulfonamides is 1. The van der Waals surface area contributed by atoms with E-state index >= 15 is 0 Å². The highest BCUT2D eigenvalue weighted by Gasteiger charge is 2.20. The summed E-state index contributed by atoms with van der Waals surface area (Å²) >= 11 is 0. The highest BCUT2D eigenvalue weighted by molar-refractivity contribution is 7.89. The Bertz CT molecular complexity index is 337. The molecule has 17 heavy (non-hydrogen) atoms. The van der Waals surface area contributed by atoms with Gasteiger partial charge in [0, 0.05) is 13.0 Å². The Morgan fingerprint density at radius 1 is 1.35 bits per heavy atom. The first-order valence-corrected chi connectivity index (χ1v) is 7.95. The molecule has 0 heterocycles. The van der Waals surface area contributed by atoms with E-state index in [0.29, 0.717) is 18.9 Å². The number of hydrogen-bond donors (Lipinski definition) is 3. The van der Waals surface area contributed by atoms with E-state index in [0.717, 1.165) is 19.3 Å². The molecule has 0 unspecified atom stereocenters. The Balaban J connectivity index is 2.05. The summed E-state index contributed by atoms with van der Waals surface area (Å²) in [6.07, 6.45) is 6.47. The molecule has 1 aliphatic rings. The molecule has 4 N–H and O–H groups in total. The van der Waals surface area contributed by atoms with Crippen molar-refractivity contribution in [2.24, 2.45) is 11.7 Å². The van der Waals surface area contributed by atoms with Crippen LogP contribution < -0.4 is 10.5 Å². The first kappa shape index (κ1) is 14.4. The highest BCUT2D eigenvalue weighted by atomic mass is 32.2. The van der Waals surface area contributed by atoms with Gasteiger partial charge in [0.1, 0.15) is 0 Å². The van der Waals surface area contributed by atoms with Crippen LogP contribution >= 0.6 is 0 Å². The molecule has 0 atom stereocenters. The molecule has 5 nitrogen and oxygen atoms in total. The molecular weight excluding hydrogens is 238 g/mol. The van der Waals surface area contributed by atoms with Crippen LogP contribution in [0.1, 0.15) is 44.9 Å². The molecule has 0 spiro atoms. The minimum Gasteiger partial charge on any atom is -0.388 e. The van der Waals surface area contributed by atoms with Gasteiger partial charge in [-0.2, -0.15) is 0 Å². The molecule has 0 aromatic carbocycles. The van der Waals surface area contributed by atoms with Gasteiger partial charge >= 0.3 is 0 Å². The van der Waals surface area contributed by atoms with Crippen LogP contribution in [0.4, 0.5) is 0 Å². The number of nitrogens with one attached hydrogen (secondary N) is 2. The fourth-order valence-corrected chi connectivity index (χ4v) is 3.09. The van der Waals surface area contributed by atoms with Crippen molar-refractivity contribution in [1.29, 1.82) is 5.41 Å². The lowest BCUT2D eigenvalue weighted by atomic mass is 9.84. The molecule has 0 aromatic heterocycles. The monoisotopic (exact) mass is 261 g/mol. The van der Waals surface area contributed by atoms with Crippen molar-refractivity contribution >= 4 is 15.9 Å². The summed E-state index contributed by atoms with van der Waals surface area (Å²) in [5.74, 6) is 1.05. The predicted octanol–water partition coefficient (Wildman–Crippen LogP) is 1.20. The summed E-state index contributed by atoms with van der Waals surface area (Å²) in [5.41, 5.74) is 5.21. The standard InChI is InChI=1S/C11H23N3O2S/c12-11(13)6-1-2-8-14-17(15,16)9-7-10-4-3-5-10/h10,14H,1-9H2,(H3,12,13). The maximum atomic E-state index is 11.6. The Morgan fingerprint density at radius 2 is 2.06 bits per heavy atom. The lowest BCUT2D eigenvalue weighted by molar-refractivity contribution is 0.307. The molecular formula is C11H23N3O2S. The fraction of sp³-hybridized carbons (Fsp3) is 0.909. The van der Waals surface area contributed by atoms with Gasteiger partial charge in [0.15, 0.2) is 0 Å². The van der Waals surface area contributed by atoms with Crippen LogP contribution in [0.2, 0.25) is 0 Å². The summed E-state index contributed by atoms with van der Waals surface area (Å²) in [4.78, 5) is 0.